The fourth-order valence-corrected chi connectivity index (χ4v) is 0.413. The van der Waals surface area contributed by atoms with Crippen LogP contribution in [0.25, 0.3) is 0 Å². The Morgan fingerprint density at radius 3 is 2.30 bits per heavy atom. The molecule has 3 nitrogen and oxygen atoms in total. The second-order valence-corrected chi connectivity index (χ2v) is 3.23. The third-order valence-electron chi connectivity index (χ3n) is 0.939. The van der Waals surface area contributed by atoms with E-state index in [4.69, 9.17) is 9.47 Å². The Morgan fingerprint density at radius 1 is 1.50 bits per heavy atom. The largest absolute Gasteiger partial charge is 0.435 e. The standard InChI is InChI=1S/C6H11BrO3/c1-4(7)6(8)10-5(2)9-3/h4-5H,1-3H3. The first-order valence-electron chi connectivity index (χ1n) is 2.95. The minimum absolute atomic E-state index is 0.273. The molecule has 4 heteroatoms. The molecule has 0 fully saturated rings. The highest BCUT2D eigenvalue weighted by Gasteiger charge is 2.12. The number of ether oxygens (including phenoxy) is 2. The van der Waals surface area contributed by atoms with Crippen LogP contribution in [0.1, 0.15) is 13.8 Å². The van der Waals surface area contributed by atoms with Gasteiger partial charge in [0.05, 0.1) is 0 Å². The van der Waals surface area contributed by atoms with E-state index in [1.807, 2.05) is 0 Å². The van der Waals surface area contributed by atoms with Crippen LogP contribution >= 0.6 is 15.9 Å². The highest BCUT2D eigenvalue weighted by molar-refractivity contribution is 9.10. The van der Waals surface area contributed by atoms with Gasteiger partial charge in [-0.1, -0.05) is 15.9 Å². The molecule has 0 saturated heterocycles. The minimum Gasteiger partial charge on any atom is -0.435 e. The number of rotatable bonds is 3. The molecule has 0 aliphatic rings. The molecule has 0 heterocycles. The summed E-state index contributed by atoms with van der Waals surface area (Å²) in [5.74, 6) is -0.311. The van der Waals surface area contributed by atoms with Gasteiger partial charge < -0.3 is 9.47 Å². The van der Waals surface area contributed by atoms with Crippen molar-refractivity contribution >= 4 is 21.9 Å². The Hall–Kier alpha value is -0.0900. The maximum atomic E-state index is 10.8. The number of hydrogen-bond acceptors (Lipinski definition) is 3. The van der Waals surface area contributed by atoms with E-state index in [9.17, 15) is 4.79 Å². The van der Waals surface area contributed by atoms with E-state index in [1.54, 1.807) is 13.8 Å². The van der Waals surface area contributed by atoms with Crippen LogP contribution in [0.5, 0.6) is 0 Å². The lowest BCUT2D eigenvalue weighted by molar-refractivity contribution is -0.168. The monoisotopic (exact) mass is 210 g/mol. The predicted octanol–water partition coefficient (Wildman–Crippen LogP) is 1.31. The van der Waals surface area contributed by atoms with Gasteiger partial charge in [-0.15, -0.1) is 0 Å². The lowest BCUT2D eigenvalue weighted by atomic mass is 10.5. The molecule has 0 aliphatic heterocycles. The molecule has 0 saturated carbocycles. The average molecular weight is 211 g/mol. The molecule has 0 amide bonds. The molecule has 2 unspecified atom stereocenters. The van der Waals surface area contributed by atoms with Gasteiger partial charge in [0.25, 0.3) is 0 Å². The Labute approximate surface area is 68.8 Å². The third-order valence-corrected chi connectivity index (χ3v) is 1.31. The number of carbonyl (C=O) groups is 1. The Bertz CT molecular complexity index is 114. The fourth-order valence-electron chi connectivity index (χ4n) is 0.305. The molecule has 0 aromatic heterocycles. The molecule has 0 aliphatic carbocycles. The molecule has 0 radical (unpaired) electrons. The number of halogens is 1. The van der Waals surface area contributed by atoms with Crippen LogP contribution in [0.15, 0.2) is 0 Å². The summed E-state index contributed by atoms with van der Waals surface area (Å²) in [6, 6.07) is 0. The van der Waals surface area contributed by atoms with E-state index in [-0.39, 0.29) is 10.8 Å². The van der Waals surface area contributed by atoms with E-state index in [2.05, 4.69) is 15.9 Å². The Balaban J connectivity index is 3.57. The van der Waals surface area contributed by atoms with Crippen molar-refractivity contribution in [1.82, 2.24) is 0 Å². The van der Waals surface area contributed by atoms with Gasteiger partial charge in [0.1, 0.15) is 4.83 Å². The molecular weight excluding hydrogens is 200 g/mol. The zero-order chi connectivity index (χ0) is 8.15. The summed E-state index contributed by atoms with van der Waals surface area (Å²) in [6.07, 6.45) is -0.465. The van der Waals surface area contributed by atoms with E-state index >= 15 is 0 Å². The average Bonchev–Trinajstić information content (AvgIpc) is 1.87. The van der Waals surface area contributed by atoms with Crippen LogP contribution in [0.3, 0.4) is 0 Å². The lowest BCUT2D eigenvalue weighted by Gasteiger charge is -2.11. The first-order valence-corrected chi connectivity index (χ1v) is 3.87. The highest BCUT2D eigenvalue weighted by atomic mass is 79.9. The molecule has 0 spiro atoms. The smallest absolute Gasteiger partial charge is 0.321 e. The molecule has 0 rings (SSSR count). The Morgan fingerprint density at radius 2 is 2.00 bits per heavy atom. The Kier molecular flexibility index (Phi) is 4.64. The van der Waals surface area contributed by atoms with Crippen molar-refractivity contribution in [3.63, 3.8) is 0 Å². The summed E-state index contributed by atoms with van der Waals surface area (Å²) in [5, 5.41) is 0. The van der Waals surface area contributed by atoms with Crippen LogP contribution in [0.4, 0.5) is 0 Å². The molecule has 0 bridgehead atoms. The number of alkyl halides is 1. The van der Waals surface area contributed by atoms with Crippen molar-refractivity contribution < 1.29 is 14.3 Å². The van der Waals surface area contributed by atoms with Crippen molar-refractivity contribution in [2.45, 2.75) is 25.0 Å². The van der Waals surface area contributed by atoms with Gasteiger partial charge in [-0.2, -0.15) is 0 Å². The van der Waals surface area contributed by atoms with Crippen molar-refractivity contribution in [2.24, 2.45) is 0 Å². The fraction of sp³-hybridized carbons (Fsp3) is 0.833. The quantitative estimate of drug-likeness (QED) is 0.401. The van der Waals surface area contributed by atoms with Gasteiger partial charge in [0, 0.05) is 7.11 Å². The second kappa shape index (κ2) is 4.68. The maximum absolute atomic E-state index is 10.8. The molecule has 10 heavy (non-hydrogen) atoms. The van der Waals surface area contributed by atoms with Crippen molar-refractivity contribution in [2.75, 3.05) is 7.11 Å². The number of esters is 1. The molecule has 0 N–H and O–H groups in total. The lowest BCUT2D eigenvalue weighted by Crippen LogP contribution is -2.21. The summed E-state index contributed by atoms with van der Waals surface area (Å²) >= 11 is 3.07. The second-order valence-electron chi connectivity index (χ2n) is 1.86. The topological polar surface area (TPSA) is 35.5 Å². The van der Waals surface area contributed by atoms with E-state index in [0.717, 1.165) is 0 Å². The van der Waals surface area contributed by atoms with Crippen LogP contribution in [-0.4, -0.2) is 24.2 Å². The summed E-state index contributed by atoms with van der Waals surface area (Å²) in [4.78, 5) is 10.5. The molecule has 0 aromatic carbocycles. The van der Waals surface area contributed by atoms with Crippen LogP contribution in [0.2, 0.25) is 0 Å². The molecular formula is C6H11BrO3. The highest BCUT2D eigenvalue weighted by Crippen LogP contribution is 2.02. The first kappa shape index (κ1) is 9.91. The van der Waals surface area contributed by atoms with E-state index in [0.29, 0.717) is 0 Å². The zero-order valence-corrected chi connectivity index (χ0v) is 7.84. The van der Waals surface area contributed by atoms with Gasteiger partial charge in [0.2, 0.25) is 0 Å². The van der Waals surface area contributed by atoms with Crippen LogP contribution in [0, 0.1) is 0 Å². The number of carbonyl (C=O) groups excluding carboxylic acids is 1. The van der Waals surface area contributed by atoms with Gasteiger partial charge in [-0.05, 0) is 13.8 Å². The summed E-state index contributed by atoms with van der Waals surface area (Å²) < 4.78 is 9.46. The summed E-state index contributed by atoms with van der Waals surface area (Å²) in [7, 11) is 1.48. The van der Waals surface area contributed by atoms with Crippen molar-refractivity contribution in [1.29, 1.82) is 0 Å². The maximum Gasteiger partial charge on any atom is 0.321 e. The zero-order valence-electron chi connectivity index (χ0n) is 6.26. The van der Waals surface area contributed by atoms with Crippen LogP contribution in [-0.2, 0) is 14.3 Å². The van der Waals surface area contributed by atoms with Crippen molar-refractivity contribution in [3.8, 4) is 0 Å². The van der Waals surface area contributed by atoms with Crippen LogP contribution < -0.4 is 0 Å². The molecule has 2 atom stereocenters. The minimum atomic E-state index is -0.465. The summed E-state index contributed by atoms with van der Waals surface area (Å²) in [5.41, 5.74) is 0. The normalized spacial score (nSPS) is 16.0. The van der Waals surface area contributed by atoms with Gasteiger partial charge >= 0.3 is 5.97 Å². The van der Waals surface area contributed by atoms with Gasteiger partial charge in [0.15, 0.2) is 6.29 Å². The summed E-state index contributed by atoms with van der Waals surface area (Å²) in [6.45, 7) is 3.36. The van der Waals surface area contributed by atoms with Gasteiger partial charge in [-0.25, -0.2) is 0 Å². The number of methoxy groups -OCH3 is 1. The SMILES string of the molecule is COC(C)OC(=O)C(C)Br. The number of hydrogen-bond donors (Lipinski definition) is 0. The molecule has 60 valence electrons. The molecule has 0 aromatic rings. The van der Waals surface area contributed by atoms with Gasteiger partial charge in [-0.3, -0.25) is 4.79 Å². The third kappa shape index (κ3) is 3.85. The van der Waals surface area contributed by atoms with Crippen molar-refractivity contribution in [3.05, 3.63) is 0 Å². The first-order chi connectivity index (χ1) is 4.57. The predicted molar refractivity (Wildman–Crippen MR) is 41.0 cm³/mol. The van der Waals surface area contributed by atoms with E-state index in [1.165, 1.54) is 7.11 Å². The van der Waals surface area contributed by atoms with E-state index < -0.39 is 6.29 Å².